The van der Waals surface area contributed by atoms with Crippen LogP contribution in [0.5, 0.6) is 5.88 Å². The summed E-state index contributed by atoms with van der Waals surface area (Å²) < 4.78 is 18.4. The lowest BCUT2D eigenvalue weighted by molar-refractivity contribution is 0.398. The molecule has 0 fully saturated rings. The first kappa shape index (κ1) is 13.1. The molecule has 0 aliphatic carbocycles. The van der Waals surface area contributed by atoms with Gasteiger partial charge in [0.2, 0.25) is 11.8 Å². The van der Waals surface area contributed by atoms with Crippen LogP contribution in [0.15, 0.2) is 30.3 Å². The Balaban J connectivity index is 2.44. The van der Waals surface area contributed by atoms with Crippen LogP contribution in [0, 0.1) is 5.82 Å². The lowest BCUT2D eigenvalue weighted by atomic mass is 10.2. The van der Waals surface area contributed by atoms with E-state index in [-0.39, 0.29) is 11.8 Å². The van der Waals surface area contributed by atoms with E-state index in [9.17, 15) is 4.39 Å². The number of methoxy groups -OCH3 is 1. The number of benzene rings is 1. The highest BCUT2D eigenvalue weighted by Crippen LogP contribution is 2.26. The van der Waals surface area contributed by atoms with Gasteiger partial charge in [0.25, 0.3) is 0 Å². The third kappa shape index (κ3) is 2.90. The smallest absolute Gasteiger partial charge is 0.225 e. The van der Waals surface area contributed by atoms with E-state index >= 15 is 0 Å². The van der Waals surface area contributed by atoms with Crippen LogP contribution < -0.4 is 15.4 Å². The summed E-state index contributed by atoms with van der Waals surface area (Å²) in [6, 6.07) is 7.94. The van der Waals surface area contributed by atoms with Crippen molar-refractivity contribution in [3.8, 4) is 5.88 Å². The van der Waals surface area contributed by atoms with Crippen LogP contribution in [0.2, 0.25) is 0 Å². The second kappa shape index (κ2) is 5.51. The average Bonchev–Trinajstić information content (AvgIpc) is 2.39. The van der Waals surface area contributed by atoms with Crippen molar-refractivity contribution in [1.29, 1.82) is 0 Å². The van der Waals surface area contributed by atoms with Crippen molar-refractivity contribution in [3.63, 3.8) is 0 Å². The van der Waals surface area contributed by atoms with Gasteiger partial charge in [-0.3, -0.25) is 0 Å². The van der Waals surface area contributed by atoms with E-state index in [4.69, 9.17) is 10.5 Å². The largest absolute Gasteiger partial charge is 0.481 e. The van der Waals surface area contributed by atoms with E-state index in [0.29, 0.717) is 23.9 Å². The third-order valence-electron chi connectivity index (χ3n) is 2.63. The van der Waals surface area contributed by atoms with Crippen molar-refractivity contribution < 1.29 is 9.13 Å². The predicted octanol–water partition coefficient (Wildman–Crippen LogP) is 2.36. The van der Waals surface area contributed by atoms with Gasteiger partial charge in [0, 0.05) is 18.3 Å². The number of halogens is 1. The van der Waals surface area contributed by atoms with Crippen molar-refractivity contribution in [3.05, 3.63) is 36.1 Å². The molecule has 1 aromatic carbocycles. The molecule has 0 amide bonds. The zero-order valence-corrected chi connectivity index (χ0v) is 10.8. The summed E-state index contributed by atoms with van der Waals surface area (Å²) in [6.07, 6.45) is 0. The van der Waals surface area contributed by atoms with Crippen molar-refractivity contribution in [2.45, 2.75) is 6.92 Å². The number of nitrogens with zero attached hydrogens (tertiary/aromatic N) is 3. The van der Waals surface area contributed by atoms with Gasteiger partial charge in [-0.15, -0.1) is 0 Å². The van der Waals surface area contributed by atoms with E-state index in [1.807, 2.05) is 11.8 Å². The highest BCUT2D eigenvalue weighted by Gasteiger charge is 2.12. The fourth-order valence-corrected chi connectivity index (χ4v) is 1.79. The molecule has 0 bridgehead atoms. The fraction of sp³-hybridized carbons (Fsp3) is 0.231. The quantitative estimate of drug-likeness (QED) is 0.916. The van der Waals surface area contributed by atoms with Crippen LogP contribution in [0.3, 0.4) is 0 Å². The Kier molecular flexibility index (Phi) is 3.79. The van der Waals surface area contributed by atoms with Gasteiger partial charge in [-0.1, -0.05) is 6.07 Å². The van der Waals surface area contributed by atoms with E-state index in [1.165, 1.54) is 19.2 Å². The summed E-state index contributed by atoms with van der Waals surface area (Å²) in [5.41, 5.74) is 6.33. The molecule has 0 saturated heterocycles. The minimum atomic E-state index is -0.301. The summed E-state index contributed by atoms with van der Waals surface area (Å²) in [4.78, 5) is 9.90. The molecule has 0 aliphatic heterocycles. The maximum atomic E-state index is 13.3. The highest BCUT2D eigenvalue weighted by molar-refractivity contribution is 5.61. The molecule has 2 aromatic rings. The lowest BCUT2D eigenvalue weighted by Crippen LogP contribution is -2.18. The molecule has 6 heteroatoms. The summed E-state index contributed by atoms with van der Waals surface area (Å²) in [5, 5.41) is 0. The summed E-state index contributed by atoms with van der Waals surface area (Å²) >= 11 is 0. The second-order valence-corrected chi connectivity index (χ2v) is 3.85. The topological polar surface area (TPSA) is 64.3 Å². The molecule has 0 unspecified atom stereocenters. The first-order valence-electron chi connectivity index (χ1n) is 5.85. The molecular formula is C13H15FN4O. The summed E-state index contributed by atoms with van der Waals surface area (Å²) in [6.45, 7) is 2.55. The van der Waals surface area contributed by atoms with Gasteiger partial charge in [0.15, 0.2) is 0 Å². The van der Waals surface area contributed by atoms with Gasteiger partial charge < -0.3 is 15.4 Å². The molecule has 1 heterocycles. The Labute approximate surface area is 110 Å². The van der Waals surface area contributed by atoms with Crippen LogP contribution in [0.1, 0.15) is 6.92 Å². The molecule has 2 rings (SSSR count). The van der Waals surface area contributed by atoms with E-state index in [0.717, 1.165) is 0 Å². The maximum Gasteiger partial charge on any atom is 0.225 e. The number of nitrogens with two attached hydrogens (primary N) is 1. The second-order valence-electron chi connectivity index (χ2n) is 3.85. The van der Waals surface area contributed by atoms with Crippen LogP contribution in [-0.2, 0) is 0 Å². The Bertz CT molecular complexity index is 576. The molecule has 1 aromatic heterocycles. The zero-order chi connectivity index (χ0) is 13.8. The molecule has 2 N–H and O–H groups in total. The maximum absolute atomic E-state index is 13.3. The molecule has 19 heavy (non-hydrogen) atoms. The molecule has 0 atom stereocenters. The van der Waals surface area contributed by atoms with Crippen molar-refractivity contribution in [2.75, 3.05) is 24.3 Å². The molecule has 5 nitrogen and oxygen atoms in total. The number of hydrogen-bond donors (Lipinski definition) is 1. The van der Waals surface area contributed by atoms with Gasteiger partial charge in [0.05, 0.1) is 7.11 Å². The van der Waals surface area contributed by atoms with Crippen LogP contribution in [0.4, 0.5) is 21.8 Å². The van der Waals surface area contributed by atoms with E-state index in [1.54, 1.807) is 18.2 Å². The summed E-state index contributed by atoms with van der Waals surface area (Å²) in [5.74, 6) is 0.754. The number of hydrogen-bond acceptors (Lipinski definition) is 5. The minimum Gasteiger partial charge on any atom is -0.481 e. The highest BCUT2D eigenvalue weighted by atomic mass is 19.1. The van der Waals surface area contributed by atoms with Crippen LogP contribution >= 0.6 is 0 Å². The molecule has 100 valence electrons. The number of aromatic nitrogens is 2. The predicted molar refractivity (Wildman–Crippen MR) is 72.1 cm³/mol. The van der Waals surface area contributed by atoms with Gasteiger partial charge in [-0.25, -0.2) is 4.39 Å². The van der Waals surface area contributed by atoms with Gasteiger partial charge >= 0.3 is 0 Å². The molecule has 0 saturated carbocycles. The van der Waals surface area contributed by atoms with E-state index in [2.05, 4.69) is 9.97 Å². The fourth-order valence-electron chi connectivity index (χ4n) is 1.79. The van der Waals surface area contributed by atoms with Crippen LogP contribution in [-0.4, -0.2) is 23.6 Å². The Morgan fingerprint density at radius 3 is 2.74 bits per heavy atom. The van der Waals surface area contributed by atoms with Crippen molar-refractivity contribution in [1.82, 2.24) is 9.97 Å². The minimum absolute atomic E-state index is 0.115. The monoisotopic (exact) mass is 262 g/mol. The Morgan fingerprint density at radius 1 is 1.32 bits per heavy atom. The normalized spacial score (nSPS) is 10.3. The van der Waals surface area contributed by atoms with Crippen molar-refractivity contribution in [2.24, 2.45) is 0 Å². The van der Waals surface area contributed by atoms with Gasteiger partial charge in [-0.2, -0.15) is 9.97 Å². The summed E-state index contributed by atoms with van der Waals surface area (Å²) in [7, 11) is 1.50. The number of nitrogen functional groups attached to an aromatic ring is 1. The SMILES string of the molecule is CCN(c1cccc(F)c1)c1cc(OC)nc(N)n1. The molecule has 0 spiro atoms. The Hall–Kier alpha value is -2.37. The number of anilines is 3. The third-order valence-corrected chi connectivity index (χ3v) is 2.63. The molecule has 0 radical (unpaired) electrons. The Morgan fingerprint density at radius 2 is 2.11 bits per heavy atom. The van der Waals surface area contributed by atoms with Gasteiger partial charge in [-0.05, 0) is 25.1 Å². The lowest BCUT2D eigenvalue weighted by Gasteiger charge is -2.22. The first-order chi connectivity index (χ1) is 9.13. The standard InChI is InChI=1S/C13H15FN4O/c1-3-18(10-6-4-5-9(14)7-10)11-8-12(19-2)17-13(15)16-11/h4-8H,3H2,1-2H3,(H2,15,16,17). The molecular weight excluding hydrogens is 247 g/mol. The molecule has 0 aliphatic rings. The first-order valence-corrected chi connectivity index (χ1v) is 5.85. The van der Waals surface area contributed by atoms with Crippen LogP contribution in [0.25, 0.3) is 0 Å². The number of rotatable bonds is 4. The number of ether oxygens (including phenoxy) is 1. The van der Waals surface area contributed by atoms with Crippen molar-refractivity contribution >= 4 is 17.5 Å². The zero-order valence-electron chi connectivity index (χ0n) is 10.8. The van der Waals surface area contributed by atoms with Gasteiger partial charge in [0.1, 0.15) is 11.6 Å². The average molecular weight is 262 g/mol. The van der Waals surface area contributed by atoms with E-state index < -0.39 is 0 Å².